The van der Waals surface area contributed by atoms with Crippen LogP contribution in [-0.4, -0.2) is 24.7 Å². The van der Waals surface area contributed by atoms with Crippen LogP contribution in [0.25, 0.3) is 0 Å². The number of amides is 1. The van der Waals surface area contributed by atoms with Crippen molar-refractivity contribution in [1.29, 1.82) is 0 Å². The molecule has 160 valence electrons. The molecule has 1 amide bonds. The lowest BCUT2D eigenvalue weighted by atomic mass is 9.95. The molecule has 1 heterocycles. The minimum atomic E-state index is -3.84. The molecule has 1 aliphatic rings. The Morgan fingerprint density at radius 1 is 1.00 bits per heavy atom. The number of sulfonamides is 1. The van der Waals surface area contributed by atoms with Crippen LogP contribution in [0.4, 0.5) is 0 Å². The average molecular weight is 499 g/mol. The number of hydrogen-bond acceptors (Lipinski definition) is 3. The Balaban J connectivity index is 1.63. The van der Waals surface area contributed by atoms with E-state index in [2.05, 4.69) is 21.2 Å². The molecule has 1 atom stereocenters. The molecule has 3 aromatic carbocycles. The Morgan fingerprint density at radius 3 is 2.32 bits per heavy atom. The van der Waals surface area contributed by atoms with Crippen molar-refractivity contribution in [2.75, 3.05) is 0 Å². The van der Waals surface area contributed by atoms with Crippen molar-refractivity contribution in [2.24, 2.45) is 0 Å². The largest absolute Gasteiger partial charge is 0.351 e. The molecule has 0 saturated carbocycles. The molecule has 3 aromatic rings. The molecule has 0 radical (unpaired) electrons. The molecule has 0 fully saturated rings. The summed E-state index contributed by atoms with van der Waals surface area (Å²) < 4.78 is 29.2. The molecule has 31 heavy (non-hydrogen) atoms. The van der Waals surface area contributed by atoms with Crippen LogP contribution < -0.4 is 5.32 Å². The maximum atomic E-state index is 13.5. The van der Waals surface area contributed by atoms with Crippen LogP contribution in [0.2, 0.25) is 0 Å². The van der Waals surface area contributed by atoms with Gasteiger partial charge in [0.2, 0.25) is 15.9 Å². The van der Waals surface area contributed by atoms with Crippen molar-refractivity contribution in [1.82, 2.24) is 9.62 Å². The molecule has 0 saturated heterocycles. The third-order valence-electron chi connectivity index (χ3n) is 5.52. The first-order valence-electron chi connectivity index (χ1n) is 10.0. The number of hydrogen-bond donors (Lipinski definition) is 1. The second kappa shape index (κ2) is 8.94. The van der Waals surface area contributed by atoms with Crippen molar-refractivity contribution in [3.63, 3.8) is 0 Å². The van der Waals surface area contributed by atoms with Gasteiger partial charge in [0, 0.05) is 17.6 Å². The van der Waals surface area contributed by atoms with Crippen LogP contribution in [-0.2, 0) is 34.3 Å². The van der Waals surface area contributed by atoms with Crippen molar-refractivity contribution >= 4 is 31.9 Å². The smallest absolute Gasteiger partial charge is 0.244 e. The maximum absolute atomic E-state index is 13.5. The highest BCUT2D eigenvalue weighted by atomic mass is 79.9. The topological polar surface area (TPSA) is 66.5 Å². The predicted octanol–water partition coefficient (Wildman–Crippen LogP) is 4.19. The summed E-state index contributed by atoms with van der Waals surface area (Å²) in [5.74, 6) is -0.298. The summed E-state index contributed by atoms with van der Waals surface area (Å²) in [5, 5.41) is 2.92. The number of fused-ring (bicyclic) bond motifs is 1. The molecule has 0 aromatic heterocycles. The third kappa shape index (κ3) is 4.74. The third-order valence-corrected chi connectivity index (χ3v) is 7.91. The minimum Gasteiger partial charge on any atom is -0.351 e. The highest BCUT2D eigenvalue weighted by molar-refractivity contribution is 9.10. The summed E-state index contributed by atoms with van der Waals surface area (Å²) in [6.07, 6.45) is 0.341. The predicted molar refractivity (Wildman–Crippen MR) is 124 cm³/mol. The van der Waals surface area contributed by atoms with Crippen molar-refractivity contribution in [2.45, 2.75) is 37.4 Å². The first kappa shape index (κ1) is 21.7. The lowest BCUT2D eigenvalue weighted by molar-refractivity contribution is -0.125. The fourth-order valence-corrected chi connectivity index (χ4v) is 5.56. The lowest BCUT2D eigenvalue weighted by Gasteiger charge is -2.35. The van der Waals surface area contributed by atoms with Gasteiger partial charge in [-0.15, -0.1) is 0 Å². The first-order chi connectivity index (χ1) is 14.8. The number of carbonyl (C=O) groups excluding carboxylic acids is 1. The van der Waals surface area contributed by atoms with E-state index >= 15 is 0 Å². The van der Waals surface area contributed by atoms with E-state index < -0.39 is 16.1 Å². The van der Waals surface area contributed by atoms with E-state index in [0.717, 1.165) is 26.7 Å². The van der Waals surface area contributed by atoms with Crippen LogP contribution in [0.1, 0.15) is 22.3 Å². The fraction of sp³-hybridized carbons (Fsp3) is 0.208. The number of rotatable bonds is 5. The molecule has 1 aliphatic heterocycles. The van der Waals surface area contributed by atoms with Gasteiger partial charge in [0.15, 0.2) is 0 Å². The zero-order valence-electron chi connectivity index (χ0n) is 17.1. The van der Waals surface area contributed by atoms with E-state index in [0.29, 0.717) is 13.0 Å². The normalized spacial score (nSPS) is 16.5. The van der Waals surface area contributed by atoms with E-state index in [1.807, 2.05) is 55.5 Å². The summed E-state index contributed by atoms with van der Waals surface area (Å²) in [4.78, 5) is 13.4. The first-order valence-corrected chi connectivity index (χ1v) is 12.3. The fourth-order valence-electron chi connectivity index (χ4n) is 3.73. The molecule has 4 rings (SSSR count). The molecule has 0 aliphatic carbocycles. The SMILES string of the molecule is Cc1ccc(S(=O)(=O)N2Cc3ccccc3CC2C(=O)NCc2ccc(Br)cc2)cc1. The van der Waals surface area contributed by atoms with Gasteiger partial charge < -0.3 is 5.32 Å². The Morgan fingerprint density at radius 2 is 1.65 bits per heavy atom. The van der Waals surface area contributed by atoms with Gasteiger partial charge in [-0.25, -0.2) is 8.42 Å². The van der Waals surface area contributed by atoms with Gasteiger partial charge in [-0.3, -0.25) is 4.79 Å². The van der Waals surface area contributed by atoms with E-state index in [-0.39, 0.29) is 17.3 Å². The van der Waals surface area contributed by atoms with Gasteiger partial charge >= 0.3 is 0 Å². The number of aryl methyl sites for hydroxylation is 1. The van der Waals surface area contributed by atoms with E-state index in [1.54, 1.807) is 24.3 Å². The minimum absolute atomic E-state index is 0.169. The molecule has 1 unspecified atom stereocenters. The lowest BCUT2D eigenvalue weighted by Crippen LogP contribution is -2.52. The van der Waals surface area contributed by atoms with Crippen LogP contribution in [0.15, 0.2) is 82.2 Å². The van der Waals surface area contributed by atoms with Gasteiger partial charge in [-0.05, 0) is 54.3 Å². The zero-order chi connectivity index (χ0) is 22.0. The van der Waals surface area contributed by atoms with Crippen LogP contribution >= 0.6 is 15.9 Å². The summed E-state index contributed by atoms with van der Waals surface area (Å²) in [6, 6.07) is 21.3. The van der Waals surface area contributed by atoms with E-state index in [4.69, 9.17) is 0 Å². The van der Waals surface area contributed by atoms with Gasteiger partial charge in [0.1, 0.15) is 6.04 Å². The molecular formula is C24H23BrN2O3S. The summed E-state index contributed by atoms with van der Waals surface area (Å²) in [7, 11) is -3.84. The number of halogens is 1. The molecule has 5 nitrogen and oxygen atoms in total. The number of benzene rings is 3. The van der Waals surface area contributed by atoms with E-state index in [1.165, 1.54) is 4.31 Å². The Hall–Kier alpha value is -2.48. The van der Waals surface area contributed by atoms with Crippen LogP contribution in [0, 0.1) is 6.92 Å². The van der Waals surface area contributed by atoms with Crippen LogP contribution in [0.3, 0.4) is 0 Å². The second-order valence-corrected chi connectivity index (χ2v) is 10.5. The molecule has 1 N–H and O–H groups in total. The van der Waals surface area contributed by atoms with Crippen molar-refractivity contribution in [3.8, 4) is 0 Å². The molecule has 0 spiro atoms. The quantitative estimate of drug-likeness (QED) is 0.573. The molecular weight excluding hydrogens is 476 g/mol. The molecule has 7 heteroatoms. The summed E-state index contributed by atoms with van der Waals surface area (Å²) in [6.45, 7) is 2.41. The average Bonchev–Trinajstić information content (AvgIpc) is 2.78. The number of nitrogens with one attached hydrogen (secondary N) is 1. The summed E-state index contributed by atoms with van der Waals surface area (Å²) >= 11 is 3.40. The highest BCUT2D eigenvalue weighted by Crippen LogP contribution is 2.29. The maximum Gasteiger partial charge on any atom is 0.244 e. The highest BCUT2D eigenvalue weighted by Gasteiger charge is 2.39. The van der Waals surface area contributed by atoms with Gasteiger partial charge in [0.05, 0.1) is 4.90 Å². The zero-order valence-corrected chi connectivity index (χ0v) is 19.5. The van der Waals surface area contributed by atoms with Gasteiger partial charge in [-0.1, -0.05) is 70.0 Å². The van der Waals surface area contributed by atoms with Crippen LogP contribution in [0.5, 0.6) is 0 Å². The van der Waals surface area contributed by atoms with Crippen molar-refractivity contribution in [3.05, 3.63) is 99.5 Å². The number of carbonyl (C=O) groups is 1. The Bertz CT molecular complexity index is 1190. The van der Waals surface area contributed by atoms with Crippen molar-refractivity contribution < 1.29 is 13.2 Å². The Kier molecular flexibility index (Phi) is 6.27. The van der Waals surface area contributed by atoms with Gasteiger partial charge in [-0.2, -0.15) is 4.31 Å². The monoisotopic (exact) mass is 498 g/mol. The number of nitrogens with zero attached hydrogens (tertiary/aromatic N) is 1. The Labute approximate surface area is 191 Å². The standard InChI is InChI=1S/C24H23BrN2O3S/c1-17-6-12-22(13-7-17)31(29,30)27-16-20-5-3-2-4-19(20)14-23(27)24(28)26-15-18-8-10-21(25)11-9-18/h2-13,23H,14-16H2,1H3,(H,26,28). The van der Waals surface area contributed by atoms with E-state index in [9.17, 15) is 13.2 Å². The van der Waals surface area contributed by atoms with Gasteiger partial charge in [0.25, 0.3) is 0 Å². The molecule has 0 bridgehead atoms. The summed E-state index contributed by atoms with van der Waals surface area (Å²) in [5.41, 5.74) is 3.85. The second-order valence-electron chi connectivity index (χ2n) is 7.70.